The molecule has 0 aliphatic heterocycles. The Morgan fingerprint density at radius 3 is 2.65 bits per heavy atom. The van der Waals surface area contributed by atoms with Gasteiger partial charge in [-0.25, -0.2) is 13.1 Å². The Kier molecular flexibility index (Phi) is 6.29. The summed E-state index contributed by atoms with van der Waals surface area (Å²) in [7, 11) is -2.22. The van der Waals surface area contributed by atoms with Crippen LogP contribution in [-0.2, 0) is 10.0 Å². The van der Waals surface area contributed by atoms with Gasteiger partial charge in [0.1, 0.15) is 10.6 Å². The number of rotatable bonds is 7. The van der Waals surface area contributed by atoms with Crippen LogP contribution in [0.3, 0.4) is 0 Å². The molecule has 0 spiro atoms. The molecule has 7 heteroatoms. The summed E-state index contributed by atoms with van der Waals surface area (Å²) in [5, 5.41) is 0. The van der Waals surface area contributed by atoms with Gasteiger partial charge in [0.2, 0.25) is 10.0 Å². The van der Waals surface area contributed by atoms with Gasteiger partial charge < -0.3 is 10.5 Å². The Balaban J connectivity index is 3.06. The third-order valence-corrected chi connectivity index (χ3v) is 5.22. The van der Waals surface area contributed by atoms with Crippen molar-refractivity contribution in [2.45, 2.75) is 44.0 Å². The highest BCUT2D eigenvalue weighted by Crippen LogP contribution is 2.32. The Morgan fingerprint density at radius 2 is 2.10 bits per heavy atom. The summed E-state index contributed by atoms with van der Waals surface area (Å²) in [6.07, 6.45) is 2.80. The van der Waals surface area contributed by atoms with Gasteiger partial charge in [-0.3, -0.25) is 0 Å². The zero-order chi connectivity index (χ0) is 15.3. The van der Waals surface area contributed by atoms with Crippen LogP contribution >= 0.6 is 15.9 Å². The number of benzene rings is 1. The normalized spacial score (nSPS) is 13.2. The smallest absolute Gasteiger partial charge is 0.244 e. The monoisotopic (exact) mass is 364 g/mol. The van der Waals surface area contributed by atoms with Crippen molar-refractivity contribution in [3.8, 4) is 5.75 Å². The highest BCUT2D eigenvalue weighted by Gasteiger charge is 2.22. The Morgan fingerprint density at radius 1 is 1.45 bits per heavy atom. The van der Waals surface area contributed by atoms with Crippen LogP contribution in [0, 0.1) is 0 Å². The third-order valence-electron chi connectivity index (χ3n) is 2.92. The first-order chi connectivity index (χ1) is 9.31. The van der Waals surface area contributed by atoms with Crippen molar-refractivity contribution in [2.75, 3.05) is 12.8 Å². The van der Waals surface area contributed by atoms with E-state index >= 15 is 0 Å². The van der Waals surface area contributed by atoms with E-state index in [2.05, 4.69) is 27.6 Å². The van der Waals surface area contributed by atoms with Crippen LogP contribution in [0.2, 0.25) is 0 Å². The molecule has 20 heavy (non-hydrogen) atoms. The molecule has 1 rings (SSSR count). The lowest BCUT2D eigenvalue weighted by Crippen LogP contribution is -2.32. The number of nitrogens with two attached hydrogens (primary N) is 1. The quantitative estimate of drug-likeness (QED) is 0.728. The zero-order valence-electron chi connectivity index (χ0n) is 11.9. The highest BCUT2D eigenvalue weighted by molar-refractivity contribution is 9.10. The second-order valence-electron chi connectivity index (χ2n) is 4.69. The maximum absolute atomic E-state index is 12.4. The van der Waals surface area contributed by atoms with Crippen molar-refractivity contribution in [3.63, 3.8) is 0 Å². The average molecular weight is 365 g/mol. The maximum Gasteiger partial charge on any atom is 0.244 e. The highest BCUT2D eigenvalue weighted by atomic mass is 79.9. The van der Waals surface area contributed by atoms with Crippen molar-refractivity contribution >= 4 is 31.6 Å². The molecule has 0 heterocycles. The van der Waals surface area contributed by atoms with E-state index in [1.165, 1.54) is 13.2 Å². The lowest BCUT2D eigenvalue weighted by molar-refractivity contribution is 0.401. The number of anilines is 1. The lowest BCUT2D eigenvalue weighted by Gasteiger charge is -2.16. The molecule has 0 fully saturated rings. The summed E-state index contributed by atoms with van der Waals surface area (Å²) in [6.45, 7) is 3.92. The number of sulfonamides is 1. The predicted molar refractivity (Wildman–Crippen MR) is 84.4 cm³/mol. The lowest BCUT2D eigenvalue weighted by atomic mass is 10.2. The first-order valence-corrected chi connectivity index (χ1v) is 8.74. The van der Waals surface area contributed by atoms with Crippen molar-refractivity contribution < 1.29 is 13.2 Å². The van der Waals surface area contributed by atoms with Gasteiger partial charge in [-0.1, -0.05) is 19.8 Å². The van der Waals surface area contributed by atoms with E-state index in [0.29, 0.717) is 10.2 Å². The Labute approximate surface area is 129 Å². The molecule has 0 amide bonds. The van der Waals surface area contributed by atoms with E-state index < -0.39 is 10.0 Å². The summed E-state index contributed by atoms with van der Waals surface area (Å²) in [5.41, 5.74) is 6.11. The number of hydrogen-bond donors (Lipinski definition) is 2. The standard InChI is InChI=1S/C13H21BrN2O3S/c1-4-5-6-9(2)16-20(17,18)13-8-11(15)10(14)7-12(13)19-3/h7-9,16H,4-6,15H2,1-3H3. The third kappa shape index (κ3) is 4.36. The molecule has 1 unspecified atom stereocenters. The molecule has 0 bridgehead atoms. The molecule has 5 nitrogen and oxygen atoms in total. The van der Waals surface area contributed by atoms with E-state index in [4.69, 9.17) is 10.5 Å². The molecule has 0 saturated carbocycles. The van der Waals surface area contributed by atoms with E-state index in [1.54, 1.807) is 6.07 Å². The minimum absolute atomic E-state index is 0.0593. The Bertz CT molecular complexity index is 561. The molecule has 0 aromatic heterocycles. The minimum Gasteiger partial charge on any atom is -0.495 e. The average Bonchev–Trinajstić information content (AvgIpc) is 2.38. The van der Waals surface area contributed by atoms with Gasteiger partial charge in [0, 0.05) is 16.2 Å². The number of nitrogen functional groups attached to an aromatic ring is 1. The number of unbranched alkanes of at least 4 members (excludes halogenated alkanes) is 1. The van der Waals surface area contributed by atoms with Gasteiger partial charge in [0.25, 0.3) is 0 Å². The fraction of sp³-hybridized carbons (Fsp3) is 0.538. The van der Waals surface area contributed by atoms with Crippen LogP contribution in [0.25, 0.3) is 0 Å². The van der Waals surface area contributed by atoms with Crippen LogP contribution in [-0.4, -0.2) is 21.6 Å². The summed E-state index contributed by atoms with van der Waals surface area (Å²) in [5.74, 6) is 0.265. The summed E-state index contributed by atoms with van der Waals surface area (Å²) in [6, 6.07) is 2.83. The number of ether oxygens (including phenoxy) is 1. The van der Waals surface area contributed by atoms with Gasteiger partial charge in [0.05, 0.1) is 7.11 Å². The molecule has 0 aliphatic carbocycles. The van der Waals surface area contributed by atoms with E-state index in [0.717, 1.165) is 19.3 Å². The number of methoxy groups -OCH3 is 1. The number of nitrogens with one attached hydrogen (secondary N) is 1. The van der Waals surface area contributed by atoms with Gasteiger partial charge >= 0.3 is 0 Å². The van der Waals surface area contributed by atoms with Gasteiger partial charge in [-0.2, -0.15) is 0 Å². The number of halogens is 1. The van der Waals surface area contributed by atoms with Crippen molar-refractivity contribution in [3.05, 3.63) is 16.6 Å². The molecular weight excluding hydrogens is 344 g/mol. The second-order valence-corrected chi connectivity index (χ2v) is 7.23. The molecule has 0 radical (unpaired) electrons. The number of hydrogen-bond acceptors (Lipinski definition) is 4. The maximum atomic E-state index is 12.4. The van der Waals surface area contributed by atoms with Crippen LogP contribution in [0.1, 0.15) is 33.1 Å². The minimum atomic E-state index is -3.65. The topological polar surface area (TPSA) is 81.4 Å². The van der Waals surface area contributed by atoms with Crippen molar-refractivity contribution in [1.29, 1.82) is 0 Å². The SMILES string of the molecule is CCCCC(C)NS(=O)(=O)c1cc(N)c(Br)cc1OC. The van der Waals surface area contributed by atoms with Crippen LogP contribution < -0.4 is 15.2 Å². The van der Waals surface area contributed by atoms with Crippen molar-refractivity contribution in [1.82, 2.24) is 4.72 Å². The second kappa shape index (κ2) is 7.28. The molecule has 1 aromatic rings. The molecule has 0 aliphatic rings. The summed E-state index contributed by atoms with van der Waals surface area (Å²) in [4.78, 5) is 0.0593. The van der Waals surface area contributed by atoms with Gasteiger partial charge in [0.15, 0.2) is 0 Å². The fourth-order valence-electron chi connectivity index (χ4n) is 1.82. The molecule has 1 aromatic carbocycles. The van der Waals surface area contributed by atoms with Crippen molar-refractivity contribution in [2.24, 2.45) is 0 Å². The Hall–Kier alpha value is -0.790. The summed E-state index contributed by atoms with van der Waals surface area (Å²) >= 11 is 3.25. The first kappa shape index (κ1) is 17.3. The van der Waals surface area contributed by atoms with Crippen LogP contribution in [0.4, 0.5) is 5.69 Å². The largest absolute Gasteiger partial charge is 0.495 e. The van der Waals surface area contributed by atoms with Crippen LogP contribution in [0.5, 0.6) is 5.75 Å². The molecule has 3 N–H and O–H groups in total. The van der Waals surface area contributed by atoms with Gasteiger partial charge in [-0.15, -0.1) is 0 Å². The molecule has 1 atom stereocenters. The van der Waals surface area contributed by atoms with Crippen LogP contribution in [0.15, 0.2) is 21.5 Å². The van der Waals surface area contributed by atoms with E-state index in [1.807, 2.05) is 6.92 Å². The predicted octanol–water partition coefficient (Wildman–Crippen LogP) is 2.90. The van der Waals surface area contributed by atoms with E-state index in [-0.39, 0.29) is 16.7 Å². The van der Waals surface area contributed by atoms with Gasteiger partial charge in [-0.05, 0) is 41.4 Å². The first-order valence-electron chi connectivity index (χ1n) is 6.47. The fourth-order valence-corrected chi connectivity index (χ4v) is 3.60. The molecular formula is C13H21BrN2O3S. The zero-order valence-corrected chi connectivity index (χ0v) is 14.3. The van der Waals surface area contributed by atoms with E-state index in [9.17, 15) is 8.42 Å². The summed E-state index contributed by atoms with van der Waals surface area (Å²) < 4.78 is 33.2. The molecule has 114 valence electrons. The molecule has 0 saturated heterocycles.